The van der Waals surface area contributed by atoms with Crippen molar-refractivity contribution in [1.29, 1.82) is 0 Å². The second kappa shape index (κ2) is 15.9. The summed E-state index contributed by atoms with van der Waals surface area (Å²) in [5, 5.41) is 1.55. The molecule has 2 atom stereocenters. The van der Waals surface area contributed by atoms with Gasteiger partial charge < -0.3 is 14.2 Å². The number of nitrogens with zero attached hydrogens (tertiary/aromatic N) is 4. The predicted molar refractivity (Wildman–Crippen MR) is 216 cm³/mol. The van der Waals surface area contributed by atoms with Crippen molar-refractivity contribution >= 4 is 35.3 Å². The van der Waals surface area contributed by atoms with Crippen LogP contribution >= 0.6 is 0 Å². The Morgan fingerprint density at radius 1 is 0.982 bits per heavy atom. The summed E-state index contributed by atoms with van der Waals surface area (Å²) < 4.78 is 65.7. The lowest BCUT2D eigenvalue weighted by Gasteiger charge is -2.38. The number of hydrogen-bond acceptors (Lipinski definition) is 7. The van der Waals surface area contributed by atoms with Gasteiger partial charge >= 0.3 is 6.01 Å². The van der Waals surface area contributed by atoms with E-state index < -0.39 is 31.4 Å². The van der Waals surface area contributed by atoms with E-state index in [1.54, 1.807) is 24.4 Å². The van der Waals surface area contributed by atoms with Crippen LogP contribution < -0.4 is 9.47 Å². The van der Waals surface area contributed by atoms with Crippen LogP contribution in [0.4, 0.5) is 13.2 Å². The molecule has 0 saturated carbocycles. The molecule has 2 aromatic carbocycles. The number of methoxy groups -OCH3 is 1. The summed E-state index contributed by atoms with van der Waals surface area (Å²) in [4.78, 5) is 16.5. The molecule has 0 amide bonds. The molecular formula is C44H53F3N4O3Si. The molecule has 0 radical (unpaired) electrons. The maximum Gasteiger partial charge on any atom is 0.317 e. The van der Waals surface area contributed by atoms with Gasteiger partial charge in [-0.1, -0.05) is 59.6 Å². The zero-order valence-corrected chi connectivity index (χ0v) is 34.2. The molecule has 2 fully saturated rings. The molecule has 0 spiro atoms. The second-order valence-electron chi connectivity index (χ2n) is 16.6. The van der Waals surface area contributed by atoms with Gasteiger partial charge in [0, 0.05) is 42.6 Å². The highest BCUT2D eigenvalue weighted by atomic mass is 28.3. The van der Waals surface area contributed by atoms with E-state index in [2.05, 4.69) is 64.0 Å². The third-order valence-electron chi connectivity index (χ3n) is 12.4. The fourth-order valence-corrected chi connectivity index (χ4v) is 15.0. The SMILES string of the molecule is COCOc1cc(-c2ncc3c(C4=CCCCC4)nc(OC[C@@]45CCCN4C[C@H](F)C5)nc3c2F)c2c(C#C[Si](C(C)C)(C(C)C)C(C)C)c(F)ccc2c1. The summed E-state index contributed by atoms with van der Waals surface area (Å²) in [6, 6.07) is 6.58. The van der Waals surface area contributed by atoms with Gasteiger partial charge in [0.1, 0.15) is 43.6 Å². The van der Waals surface area contributed by atoms with Gasteiger partial charge in [-0.2, -0.15) is 9.97 Å². The Morgan fingerprint density at radius 3 is 2.47 bits per heavy atom. The van der Waals surface area contributed by atoms with Crippen LogP contribution in [0.25, 0.3) is 38.5 Å². The molecule has 0 bridgehead atoms. The monoisotopic (exact) mass is 770 g/mol. The molecule has 7 rings (SSSR count). The van der Waals surface area contributed by atoms with Crippen molar-refractivity contribution in [2.24, 2.45) is 0 Å². The van der Waals surface area contributed by atoms with Crippen molar-refractivity contribution in [3.8, 4) is 34.5 Å². The maximum atomic E-state index is 17.5. The van der Waals surface area contributed by atoms with Crippen molar-refractivity contribution in [3.63, 3.8) is 0 Å². The van der Waals surface area contributed by atoms with E-state index in [0.29, 0.717) is 62.8 Å². The van der Waals surface area contributed by atoms with Gasteiger partial charge in [-0.05, 0) is 90.9 Å². The molecule has 55 heavy (non-hydrogen) atoms. The van der Waals surface area contributed by atoms with Crippen molar-refractivity contribution in [2.75, 3.05) is 33.6 Å². The number of pyridine rings is 1. The van der Waals surface area contributed by atoms with Crippen molar-refractivity contribution in [2.45, 2.75) is 115 Å². The first-order valence-corrected chi connectivity index (χ1v) is 22.1. The van der Waals surface area contributed by atoms with Gasteiger partial charge in [-0.25, -0.2) is 13.2 Å². The summed E-state index contributed by atoms with van der Waals surface area (Å²) >= 11 is 0. The molecule has 0 N–H and O–H groups in total. The van der Waals surface area contributed by atoms with Crippen LogP contribution in [0.15, 0.2) is 36.5 Å². The first kappa shape index (κ1) is 39.3. The molecule has 4 heterocycles. The molecule has 2 aliphatic heterocycles. The van der Waals surface area contributed by atoms with Crippen LogP contribution in [0.3, 0.4) is 0 Å². The number of fused-ring (bicyclic) bond motifs is 3. The fourth-order valence-electron chi connectivity index (χ4n) is 9.77. The van der Waals surface area contributed by atoms with Crippen molar-refractivity contribution in [3.05, 3.63) is 59.4 Å². The number of rotatable bonds is 11. The minimum absolute atomic E-state index is 0.0149. The number of halogens is 3. The Kier molecular flexibility index (Phi) is 11.3. The lowest BCUT2D eigenvalue weighted by Crippen LogP contribution is -2.43. The molecule has 1 aliphatic carbocycles. The zero-order chi connectivity index (χ0) is 39.1. The molecule has 2 aromatic heterocycles. The molecule has 4 aromatic rings. The average molecular weight is 771 g/mol. The molecule has 292 valence electrons. The highest BCUT2D eigenvalue weighted by Crippen LogP contribution is 2.44. The first-order chi connectivity index (χ1) is 26.4. The van der Waals surface area contributed by atoms with Gasteiger partial charge in [-0.15, -0.1) is 5.54 Å². The average Bonchev–Trinajstić information content (AvgIpc) is 3.69. The predicted octanol–water partition coefficient (Wildman–Crippen LogP) is 10.6. The summed E-state index contributed by atoms with van der Waals surface area (Å²) in [6.45, 7) is 14.7. The van der Waals surface area contributed by atoms with Gasteiger partial charge in [0.15, 0.2) is 12.6 Å². The van der Waals surface area contributed by atoms with Crippen LogP contribution in [0.2, 0.25) is 16.6 Å². The highest BCUT2D eigenvalue weighted by molar-refractivity contribution is 6.90. The van der Waals surface area contributed by atoms with Crippen molar-refractivity contribution < 1.29 is 27.4 Å². The lowest BCUT2D eigenvalue weighted by atomic mass is 9.94. The van der Waals surface area contributed by atoms with Gasteiger partial charge in [0.2, 0.25) is 0 Å². The minimum atomic E-state index is -2.27. The minimum Gasteiger partial charge on any atom is -0.468 e. The zero-order valence-electron chi connectivity index (χ0n) is 33.2. The van der Waals surface area contributed by atoms with Gasteiger partial charge in [0.05, 0.1) is 16.8 Å². The lowest BCUT2D eigenvalue weighted by molar-refractivity contribution is 0.0512. The first-order valence-electron chi connectivity index (χ1n) is 19.9. The number of benzene rings is 2. The molecule has 2 saturated heterocycles. The maximum absolute atomic E-state index is 17.5. The van der Waals surface area contributed by atoms with E-state index in [1.807, 2.05) is 0 Å². The summed E-state index contributed by atoms with van der Waals surface area (Å²) in [5.74, 6) is 2.57. The van der Waals surface area contributed by atoms with Crippen LogP contribution in [0.1, 0.15) is 97.7 Å². The van der Waals surface area contributed by atoms with E-state index in [4.69, 9.17) is 29.2 Å². The summed E-state index contributed by atoms with van der Waals surface area (Å²) in [7, 11) is -0.749. The molecule has 11 heteroatoms. The number of alkyl halides is 1. The van der Waals surface area contributed by atoms with E-state index >= 15 is 8.78 Å². The van der Waals surface area contributed by atoms with Crippen LogP contribution in [0, 0.1) is 23.1 Å². The Bertz CT molecular complexity index is 2160. The number of aromatic nitrogens is 3. The van der Waals surface area contributed by atoms with Gasteiger partial charge in [0.25, 0.3) is 0 Å². The number of ether oxygens (including phenoxy) is 3. The molecule has 0 unspecified atom stereocenters. The second-order valence-corrected chi connectivity index (χ2v) is 22.1. The van der Waals surface area contributed by atoms with Crippen LogP contribution in [-0.2, 0) is 4.74 Å². The summed E-state index contributed by atoms with van der Waals surface area (Å²) in [5.41, 5.74) is 6.40. The normalized spacial score (nSPS) is 20.4. The van der Waals surface area contributed by atoms with E-state index in [1.165, 1.54) is 13.2 Å². The quantitative estimate of drug-likeness (QED) is 0.0854. The number of allylic oxidation sites excluding steroid dienone is 2. The third-order valence-corrected chi connectivity index (χ3v) is 18.7. The van der Waals surface area contributed by atoms with Gasteiger partial charge in [-0.3, -0.25) is 9.88 Å². The van der Waals surface area contributed by atoms with E-state index in [-0.39, 0.29) is 36.2 Å². The molecular weight excluding hydrogens is 718 g/mol. The Morgan fingerprint density at radius 2 is 1.76 bits per heavy atom. The summed E-state index contributed by atoms with van der Waals surface area (Å²) in [6.07, 6.45) is 8.78. The van der Waals surface area contributed by atoms with E-state index in [0.717, 1.165) is 50.6 Å². The molecule has 7 nitrogen and oxygen atoms in total. The Labute approximate surface area is 324 Å². The highest BCUT2D eigenvalue weighted by Gasteiger charge is 2.49. The largest absolute Gasteiger partial charge is 0.468 e. The Hall–Kier alpha value is -3.98. The Balaban J connectivity index is 1.43. The smallest absolute Gasteiger partial charge is 0.317 e. The standard InChI is InChI=1S/C44H53F3N4O3Si/c1-27(2)55(28(3)4,29(5)6)19-16-34-37(46)15-14-31-20-33(54-26-52-7)21-35(38(31)34)41-39(47)42-36(23-48-41)40(30-12-9-8-10-13-30)49-43(50-42)53-25-44-17-11-18-51(44)24-32(45)22-44/h12,14-15,20-21,23,27-29,32H,8-11,13,17-18,22,24-26H2,1-7H3/t32-,44+/m1/s1. The van der Waals surface area contributed by atoms with E-state index in [9.17, 15) is 4.39 Å². The number of hydrogen-bond donors (Lipinski definition) is 0. The molecule has 3 aliphatic rings. The van der Waals surface area contributed by atoms with Crippen LogP contribution in [0.5, 0.6) is 11.8 Å². The van der Waals surface area contributed by atoms with Crippen molar-refractivity contribution in [1.82, 2.24) is 19.9 Å². The third kappa shape index (κ3) is 7.26. The van der Waals surface area contributed by atoms with Crippen LogP contribution in [-0.4, -0.2) is 73.2 Å². The topological polar surface area (TPSA) is 69.6 Å². The fraction of sp³-hybridized carbons (Fsp3) is 0.523.